The van der Waals surface area contributed by atoms with Crippen LogP contribution < -0.4 is 5.32 Å². The lowest BCUT2D eigenvalue weighted by molar-refractivity contribution is 0.182. The molecule has 0 aliphatic carbocycles. The number of aromatic nitrogens is 2. The average Bonchev–Trinajstić information content (AvgIpc) is 2.81. The molecule has 0 bridgehead atoms. The van der Waals surface area contributed by atoms with E-state index < -0.39 is 0 Å². The van der Waals surface area contributed by atoms with E-state index in [2.05, 4.69) is 45.1 Å². The number of rotatable bonds is 6. The summed E-state index contributed by atoms with van der Waals surface area (Å²) >= 11 is 8.67. The van der Waals surface area contributed by atoms with E-state index in [1.807, 2.05) is 23.9 Å². The largest absolute Gasteiger partial charge is 0.383 e. The van der Waals surface area contributed by atoms with Crippen LogP contribution in [0.15, 0.2) is 30.5 Å². The lowest BCUT2D eigenvalue weighted by Crippen LogP contribution is -2.23. The van der Waals surface area contributed by atoms with Crippen molar-refractivity contribution < 1.29 is 4.74 Å². The Labute approximate surface area is 137 Å². The van der Waals surface area contributed by atoms with Crippen molar-refractivity contribution in [2.75, 3.05) is 20.8 Å². The molecule has 1 N–H and O–H groups in total. The Kier molecular flexibility index (Phi) is 5.83. The first-order valence-electron chi connectivity index (χ1n) is 6.30. The fourth-order valence-electron chi connectivity index (χ4n) is 2.16. The summed E-state index contributed by atoms with van der Waals surface area (Å²) in [6.07, 6.45) is 1.69. The van der Waals surface area contributed by atoms with Gasteiger partial charge in [-0.15, -0.1) is 0 Å². The summed E-state index contributed by atoms with van der Waals surface area (Å²) in [5.74, 6) is 0. The first kappa shape index (κ1) is 15.8. The third-order valence-corrected chi connectivity index (χ3v) is 4.39. The van der Waals surface area contributed by atoms with Gasteiger partial charge in [0.05, 0.1) is 36.1 Å². The summed E-state index contributed by atoms with van der Waals surface area (Å²) < 4.78 is 8.22. The van der Waals surface area contributed by atoms with Gasteiger partial charge >= 0.3 is 0 Å². The average molecular weight is 406 g/mol. The molecule has 0 aliphatic heterocycles. The van der Waals surface area contributed by atoms with Crippen LogP contribution in [0.1, 0.15) is 17.3 Å². The number of halogens is 2. The summed E-state index contributed by atoms with van der Waals surface area (Å²) in [6, 6.07) is 8.26. The van der Waals surface area contributed by atoms with Crippen molar-refractivity contribution in [1.29, 1.82) is 0 Å². The zero-order valence-electron chi connectivity index (χ0n) is 11.4. The van der Waals surface area contributed by atoms with E-state index in [4.69, 9.17) is 16.3 Å². The molecule has 1 heterocycles. The summed E-state index contributed by atoms with van der Waals surface area (Å²) in [4.78, 5) is 0. The van der Waals surface area contributed by atoms with Crippen molar-refractivity contribution in [2.24, 2.45) is 0 Å². The maximum atomic E-state index is 6.33. The Morgan fingerprint density at radius 3 is 2.85 bits per heavy atom. The number of hydrogen-bond acceptors (Lipinski definition) is 3. The Bertz CT molecular complexity index is 573. The zero-order chi connectivity index (χ0) is 14.5. The predicted molar refractivity (Wildman–Crippen MR) is 89.2 cm³/mol. The minimum absolute atomic E-state index is 0.00922. The van der Waals surface area contributed by atoms with E-state index in [-0.39, 0.29) is 6.04 Å². The van der Waals surface area contributed by atoms with Crippen LogP contribution in [0.2, 0.25) is 5.02 Å². The number of hydrogen-bond donors (Lipinski definition) is 1. The molecule has 1 aromatic heterocycles. The molecule has 20 heavy (non-hydrogen) atoms. The summed E-state index contributed by atoms with van der Waals surface area (Å²) in [5.41, 5.74) is 2.16. The molecule has 0 aliphatic rings. The van der Waals surface area contributed by atoms with Crippen LogP contribution in [0, 0.1) is 3.57 Å². The fourth-order valence-corrected chi connectivity index (χ4v) is 3.11. The predicted octanol–water partition coefficient (Wildman–Crippen LogP) is 3.10. The molecule has 0 fully saturated rings. The van der Waals surface area contributed by atoms with Gasteiger partial charge in [-0.1, -0.05) is 29.8 Å². The molecule has 6 heteroatoms. The van der Waals surface area contributed by atoms with Gasteiger partial charge in [-0.2, -0.15) is 5.10 Å². The van der Waals surface area contributed by atoms with Crippen LogP contribution in [0.3, 0.4) is 0 Å². The highest BCUT2D eigenvalue weighted by Crippen LogP contribution is 2.30. The molecule has 2 aromatic rings. The first-order valence-corrected chi connectivity index (χ1v) is 7.76. The summed E-state index contributed by atoms with van der Waals surface area (Å²) in [5, 5.41) is 8.33. The van der Waals surface area contributed by atoms with E-state index in [1.165, 1.54) is 9.13 Å². The van der Waals surface area contributed by atoms with Crippen molar-refractivity contribution in [1.82, 2.24) is 15.1 Å². The molecule has 0 saturated heterocycles. The normalized spacial score (nSPS) is 12.6. The molecule has 1 atom stereocenters. The van der Waals surface area contributed by atoms with Crippen molar-refractivity contribution in [3.05, 3.63) is 50.3 Å². The highest BCUT2D eigenvalue weighted by Gasteiger charge is 2.22. The molecule has 108 valence electrons. The van der Waals surface area contributed by atoms with Gasteiger partial charge in [-0.05, 0) is 41.3 Å². The van der Waals surface area contributed by atoms with Gasteiger partial charge in [-0.25, -0.2) is 0 Å². The third-order valence-electron chi connectivity index (χ3n) is 3.12. The Balaban J connectivity index is 2.42. The van der Waals surface area contributed by atoms with E-state index in [0.717, 1.165) is 5.69 Å². The molecule has 0 saturated carbocycles. The Morgan fingerprint density at radius 2 is 2.20 bits per heavy atom. The van der Waals surface area contributed by atoms with Gasteiger partial charge in [-0.3, -0.25) is 4.68 Å². The second kappa shape index (κ2) is 7.40. The van der Waals surface area contributed by atoms with Crippen LogP contribution in [0.25, 0.3) is 0 Å². The smallest absolute Gasteiger partial charge is 0.0837 e. The zero-order valence-corrected chi connectivity index (χ0v) is 14.4. The monoisotopic (exact) mass is 405 g/mol. The number of nitrogens with zero attached hydrogens (tertiary/aromatic N) is 2. The molecule has 0 spiro atoms. The van der Waals surface area contributed by atoms with Gasteiger partial charge in [0.25, 0.3) is 0 Å². The van der Waals surface area contributed by atoms with Crippen molar-refractivity contribution in [3.63, 3.8) is 0 Å². The number of nitrogens with one attached hydrogen (secondary N) is 1. The van der Waals surface area contributed by atoms with Crippen LogP contribution in [-0.2, 0) is 11.3 Å². The summed E-state index contributed by atoms with van der Waals surface area (Å²) in [6.45, 7) is 1.29. The second-order valence-electron chi connectivity index (χ2n) is 4.34. The maximum absolute atomic E-state index is 6.33. The molecular weight excluding hydrogens is 389 g/mol. The highest BCUT2D eigenvalue weighted by molar-refractivity contribution is 14.1. The molecule has 0 radical (unpaired) electrons. The SMILES string of the molecule is CNC(c1ccccc1I)c1c(Cl)cnn1CCOC. The van der Waals surface area contributed by atoms with Crippen LogP contribution in [-0.4, -0.2) is 30.5 Å². The van der Waals surface area contributed by atoms with E-state index in [9.17, 15) is 0 Å². The quantitative estimate of drug-likeness (QED) is 0.751. The van der Waals surface area contributed by atoms with E-state index in [0.29, 0.717) is 18.2 Å². The van der Waals surface area contributed by atoms with Crippen LogP contribution >= 0.6 is 34.2 Å². The van der Waals surface area contributed by atoms with Crippen molar-refractivity contribution in [2.45, 2.75) is 12.6 Å². The lowest BCUT2D eigenvalue weighted by atomic mass is 10.0. The van der Waals surface area contributed by atoms with Crippen molar-refractivity contribution >= 4 is 34.2 Å². The third kappa shape index (κ3) is 3.33. The minimum Gasteiger partial charge on any atom is -0.383 e. The van der Waals surface area contributed by atoms with Gasteiger partial charge in [0.2, 0.25) is 0 Å². The number of methoxy groups -OCH3 is 1. The first-order chi connectivity index (χ1) is 9.69. The highest BCUT2D eigenvalue weighted by atomic mass is 127. The topological polar surface area (TPSA) is 39.1 Å². The molecule has 2 rings (SSSR count). The fraction of sp³-hybridized carbons (Fsp3) is 0.357. The second-order valence-corrected chi connectivity index (χ2v) is 5.91. The van der Waals surface area contributed by atoms with Gasteiger partial charge in [0.15, 0.2) is 0 Å². The molecule has 1 aromatic carbocycles. The lowest BCUT2D eigenvalue weighted by Gasteiger charge is -2.20. The summed E-state index contributed by atoms with van der Waals surface area (Å²) in [7, 11) is 3.61. The molecular formula is C14H17ClIN3O. The van der Waals surface area contributed by atoms with Crippen molar-refractivity contribution in [3.8, 4) is 0 Å². The number of benzene rings is 1. The maximum Gasteiger partial charge on any atom is 0.0837 e. The van der Waals surface area contributed by atoms with Crippen LogP contribution in [0.4, 0.5) is 0 Å². The molecule has 0 amide bonds. The van der Waals surface area contributed by atoms with Gasteiger partial charge < -0.3 is 10.1 Å². The van der Waals surface area contributed by atoms with Crippen LogP contribution in [0.5, 0.6) is 0 Å². The van der Waals surface area contributed by atoms with E-state index in [1.54, 1.807) is 13.3 Å². The molecule has 1 unspecified atom stereocenters. The van der Waals surface area contributed by atoms with Gasteiger partial charge in [0.1, 0.15) is 0 Å². The standard InChI is InChI=1S/C14H17ClIN3O/c1-17-13(10-5-3-4-6-12(10)16)14-11(15)9-18-19(14)7-8-20-2/h3-6,9,13,17H,7-8H2,1-2H3. The van der Waals surface area contributed by atoms with Gasteiger partial charge in [0, 0.05) is 10.7 Å². The Morgan fingerprint density at radius 1 is 1.45 bits per heavy atom. The Hall–Kier alpha value is -0.630. The van der Waals surface area contributed by atoms with E-state index >= 15 is 0 Å². The minimum atomic E-state index is 0.00922. The number of ether oxygens (including phenoxy) is 1. The molecule has 4 nitrogen and oxygen atoms in total.